The normalized spacial score (nSPS) is 23.9. The van der Waals surface area contributed by atoms with E-state index in [4.69, 9.17) is 10.8 Å². The number of aliphatic hydroxyl groups is 1. The number of H-pyrrole nitrogens is 1. The van der Waals surface area contributed by atoms with Crippen molar-refractivity contribution in [1.82, 2.24) is 20.1 Å². The number of hydrogen-bond donors (Lipinski definition) is 3. The van der Waals surface area contributed by atoms with Gasteiger partial charge in [0.15, 0.2) is 0 Å². The first-order valence-corrected chi connectivity index (χ1v) is 5.17. The number of rotatable bonds is 3. The van der Waals surface area contributed by atoms with E-state index in [1.165, 1.54) is 0 Å². The molecule has 0 unspecified atom stereocenters. The molecule has 16 heavy (non-hydrogen) atoms. The van der Waals surface area contributed by atoms with Gasteiger partial charge in [-0.2, -0.15) is 4.98 Å². The SMILES string of the molecule is CN(CC1CC(O)C1)C(=O)c1nc(N)n[nH]1. The van der Waals surface area contributed by atoms with Gasteiger partial charge in [0.05, 0.1) is 6.10 Å². The van der Waals surface area contributed by atoms with Crippen molar-refractivity contribution in [3.05, 3.63) is 5.82 Å². The monoisotopic (exact) mass is 225 g/mol. The Morgan fingerprint density at radius 3 is 2.88 bits per heavy atom. The maximum Gasteiger partial charge on any atom is 0.290 e. The van der Waals surface area contributed by atoms with Gasteiger partial charge in [-0.05, 0) is 18.8 Å². The summed E-state index contributed by atoms with van der Waals surface area (Å²) in [6.07, 6.45) is 1.32. The Morgan fingerprint density at radius 1 is 1.69 bits per heavy atom. The molecule has 0 aliphatic heterocycles. The van der Waals surface area contributed by atoms with Crippen LogP contribution in [0.5, 0.6) is 0 Å². The molecule has 1 amide bonds. The number of hydrogen-bond acceptors (Lipinski definition) is 5. The van der Waals surface area contributed by atoms with Crippen molar-refractivity contribution in [2.75, 3.05) is 19.3 Å². The van der Waals surface area contributed by atoms with Crippen LogP contribution in [-0.4, -0.2) is 50.8 Å². The Morgan fingerprint density at radius 2 is 2.38 bits per heavy atom. The van der Waals surface area contributed by atoms with Gasteiger partial charge in [-0.25, -0.2) is 0 Å². The molecule has 1 aliphatic rings. The second-order valence-electron chi connectivity index (χ2n) is 4.22. The van der Waals surface area contributed by atoms with Gasteiger partial charge in [0, 0.05) is 13.6 Å². The number of nitrogens with two attached hydrogens (primary N) is 1. The first-order chi connectivity index (χ1) is 7.56. The summed E-state index contributed by atoms with van der Waals surface area (Å²) in [4.78, 5) is 17.1. The van der Waals surface area contributed by atoms with Crippen molar-refractivity contribution in [3.8, 4) is 0 Å². The number of anilines is 1. The van der Waals surface area contributed by atoms with Gasteiger partial charge in [-0.1, -0.05) is 0 Å². The van der Waals surface area contributed by atoms with Crippen LogP contribution in [0.25, 0.3) is 0 Å². The zero-order chi connectivity index (χ0) is 11.7. The van der Waals surface area contributed by atoms with Crippen LogP contribution >= 0.6 is 0 Å². The summed E-state index contributed by atoms with van der Waals surface area (Å²) in [5.74, 6) is 0.366. The van der Waals surface area contributed by atoms with Crippen LogP contribution in [0.2, 0.25) is 0 Å². The first-order valence-electron chi connectivity index (χ1n) is 5.17. The van der Waals surface area contributed by atoms with E-state index in [0.717, 1.165) is 12.8 Å². The highest BCUT2D eigenvalue weighted by molar-refractivity contribution is 5.90. The van der Waals surface area contributed by atoms with Gasteiger partial charge in [0.1, 0.15) is 0 Å². The Hall–Kier alpha value is -1.63. The quantitative estimate of drug-likeness (QED) is 0.626. The van der Waals surface area contributed by atoms with E-state index in [1.807, 2.05) is 0 Å². The fraction of sp³-hybridized carbons (Fsp3) is 0.667. The molecule has 1 aromatic heterocycles. The maximum absolute atomic E-state index is 11.8. The molecule has 7 nitrogen and oxygen atoms in total. The van der Waals surface area contributed by atoms with E-state index in [9.17, 15) is 4.79 Å². The van der Waals surface area contributed by atoms with Crippen LogP contribution in [0.1, 0.15) is 23.5 Å². The van der Waals surface area contributed by atoms with Gasteiger partial charge in [-0.3, -0.25) is 9.89 Å². The van der Waals surface area contributed by atoms with Crippen molar-refractivity contribution in [1.29, 1.82) is 0 Å². The molecule has 0 aromatic carbocycles. The number of nitrogens with one attached hydrogen (secondary N) is 1. The number of amides is 1. The van der Waals surface area contributed by atoms with Crippen LogP contribution in [0.4, 0.5) is 5.95 Å². The zero-order valence-electron chi connectivity index (χ0n) is 9.05. The third-order valence-electron chi connectivity index (χ3n) is 2.79. The molecule has 0 saturated heterocycles. The highest BCUT2D eigenvalue weighted by atomic mass is 16.3. The molecule has 0 spiro atoms. The molecular weight excluding hydrogens is 210 g/mol. The number of nitrogens with zero attached hydrogens (tertiary/aromatic N) is 3. The summed E-state index contributed by atoms with van der Waals surface area (Å²) in [6, 6.07) is 0. The summed E-state index contributed by atoms with van der Waals surface area (Å²) in [5, 5.41) is 15.2. The Kier molecular flexibility index (Phi) is 2.78. The fourth-order valence-electron chi connectivity index (χ4n) is 1.87. The van der Waals surface area contributed by atoms with E-state index in [0.29, 0.717) is 12.5 Å². The molecule has 1 aliphatic carbocycles. The predicted octanol–water partition coefficient (Wildman–Crippen LogP) is -0.770. The molecule has 4 N–H and O–H groups in total. The molecule has 1 saturated carbocycles. The molecule has 0 bridgehead atoms. The van der Waals surface area contributed by atoms with E-state index < -0.39 is 0 Å². The minimum atomic E-state index is -0.231. The third-order valence-corrected chi connectivity index (χ3v) is 2.79. The van der Waals surface area contributed by atoms with E-state index >= 15 is 0 Å². The number of aromatic amines is 1. The van der Waals surface area contributed by atoms with E-state index in [1.54, 1.807) is 11.9 Å². The molecular formula is C9H15N5O2. The molecule has 7 heteroatoms. The molecule has 1 fully saturated rings. The average molecular weight is 225 g/mol. The van der Waals surface area contributed by atoms with Crippen molar-refractivity contribution < 1.29 is 9.90 Å². The molecule has 1 heterocycles. The average Bonchev–Trinajstić information content (AvgIpc) is 2.61. The molecule has 2 rings (SSSR count). The van der Waals surface area contributed by atoms with Gasteiger partial charge in [-0.15, -0.1) is 5.10 Å². The summed E-state index contributed by atoms with van der Waals surface area (Å²) >= 11 is 0. The Bertz CT molecular complexity index is 385. The Labute approximate surface area is 92.7 Å². The van der Waals surface area contributed by atoms with Crippen molar-refractivity contribution in [3.63, 3.8) is 0 Å². The number of carbonyl (C=O) groups excluding carboxylic acids is 1. The van der Waals surface area contributed by atoms with Crippen molar-refractivity contribution in [2.24, 2.45) is 5.92 Å². The third kappa shape index (κ3) is 2.13. The molecule has 88 valence electrons. The number of aliphatic hydroxyl groups excluding tert-OH is 1. The zero-order valence-corrected chi connectivity index (χ0v) is 9.05. The van der Waals surface area contributed by atoms with Crippen LogP contribution in [0.15, 0.2) is 0 Å². The lowest BCUT2D eigenvalue weighted by Crippen LogP contribution is -2.39. The standard InChI is InChI=1S/C9H15N5O2/c1-14(4-5-2-6(15)3-5)8(16)7-11-9(10)13-12-7/h5-6,15H,2-4H2,1H3,(H3,10,11,12,13). The number of aromatic nitrogens is 3. The number of nitrogen functional groups attached to an aromatic ring is 1. The summed E-state index contributed by atoms with van der Waals surface area (Å²) in [7, 11) is 1.70. The van der Waals surface area contributed by atoms with Gasteiger partial charge in [0.2, 0.25) is 11.8 Å². The second-order valence-corrected chi connectivity index (χ2v) is 4.22. The van der Waals surface area contributed by atoms with Gasteiger partial charge in [0.25, 0.3) is 5.91 Å². The van der Waals surface area contributed by atoms with Crippen molar-refractivity contribution >= 4 is 11.9 Å². The van der Waals surface area contributed by atoms with Crippen LogP contribution in [-0.2, 0) is 0 Å². The highest BCUT2D eigenvalue weighted by Gasteiger charge is 2.29. The fourth-order valence-corrected chi connectivity index (χ4v) is 1.87. The topological polar surface area (TPSA) is 108 Å². The minimum Gasteiger partial charge on any atom is -0.393 e. The van der Waals surface area contributed by atoms with Gasteiger partial charge < -0.3 is 15.7 Å². The minimum absolute atomic E-state index is 0.0656. The van der Waals surface area contributed by atoms with Crippen LogP contribution in [0.3, 0.4) is 0 Å². The van der Waals surface area contributed by atoms with Gasteiger partial charge >= 0.3 is 0 Å². The maximum atomic E-state index is 11.8. The smallest absolute Gasteiger partial charge is 0.290 e. The summed E-state index contributed by atoms with van der Waals surface area (Å²) in [5.41, 5.74) is 5.32. The lowest BCUT2D eigenvalue weighted by atomic mass is 9.82. The molecule has 1 aromatic rings. The predicted molar refractivity (Wildman–Crippen MR) is 56.5 cm³/mol. The van der Waals surface area contributed by atoms with Crippen molar-refractivity contribution in [2.45, 2.75) is 18.9 Å². The Balaban J connectivity index is 1.89. The molecule has 0 atom stereocenters. The van der Waals surface area contributed by atoms with E-state index in [-0.39, 0.29) is 23.8 Å². The summed E-state index contributed by atoms with van der Waals surface area (Å²) in [6.45, 7) is 0.622. The van der Waals surface area contributed by atoms with E-state index in [2.05, 4.69) is 15.2 Å². The highest BCUT2D eigenvalue weighted by Crippen LogP contribution is 2.27. The largest absolute Gasteiger partial charge is 0.393 e. The molecule has 0 radical (unpaired) electrons. The van der Waals surface area contributed by atoms with Crippen LogP contribution < -0.4 is 5.73 Å². The summed E-state index contributed by atoms with van der Waals surface area (Å²) < 4.78 is 0. The lowest BCUT2D eigenvalue weighted by Gasteiger charge is -2.34. The second kappa shape index (κ2) is 4.09. The number of carbonyl (C=O) groups is 1. The van der Waals surface area contributed by atoms with Crippen LogP contribution in [0, 0.1) is 5.92 Å². The lowest BCUT2D eigenvalue weighted by molar-refractivity contribution is 0.0262. The first kappa shape index (κ1) is 10.9.